The summed E-state index contributed by atoms with van der Waals surface area (Å²) in [5.41, 5.74) is 0. The van der Waals surface area contributed by atoms with E-state index in [4.69, 9.17) is 0 Å². The monoisotopic (exact) mass is 223 g/mol. The van der Waals surface area contributed by atoms with E-state index in [2.05, 4.69) is 18.0 Å². The summed E-state index contributed by atoms with van der Waals surface area (Å²) >= 11 is 0. The molecule has 0 rings (SSSR count). The van der Waals surface area contributed by atoms with Crippen LogP contribution in [0, 0.1) is 11.8 Å². The lowest BCUT2D eigenvalue weighted by atomic mass is 10.0. The van der Waals surface area contributed by atoms with Gasteiger partial charge in [-0.15, -0.1) is 0 Å². The van der Waals surface area contributed by atoms with Crippen molar-refractivity contribution in [2.24, 2.45) is 11.8 Å². The highest BCUT2D eigenvalue weighted by atomic mass is 32.3. The van der Waals surface area contributed by atoms with E-state index >= 15 is 0 Å². The third-order valence-corrected chi connectivity index (χ3v) is 2.40. The molecule has 0 fully saturated rings. The van der Waals surface area contributed by atoms with Crippen LogP contribution in [0.25, 0.3) is 0 Å². The quantitative estimate of drug-likeness (QED) is 0.488. The van der Waals surface area contributed by atoms with Crippen LogP contribution in [0.15, 0.2) is 0 Å². The van der Waals surface area contributed by atoms with Gasteiger partial charge in [0.15, 0.2) is 0 Å². The summed E-state index contributed by atoms with van der Waals surface area (Å²) in [6.45, 7) is 6.17. The van der Waals surface area contributed by atoms with E-state index < -0.39 is 10.4 Å². The first-order chi connectivity index (χ1) is 6.31. The first-order valence-corrected chi connectivity index (χ1v) is 6.25. The van der Waals surface area contributed by atoms with Crippen molar-refractivity contribution in [1.29, 1.82) is 0 Å². The molecule has 0 bridgehead atoms. The summed E-state index contributed by atoms with van der Waals surface area (Å²) < 4.78 is 34.6. The van der Waals surface area contributed by atoms with E-state index in [0.29, 0.717) is 5.92 Å². The summed E-state index contributed by atoms with van der Waals surface area (Å²) in [6, 6.07) is 0. The van der Waals surface area contributed by atoms with Crippen molar-refractivity contribution in [3.05, 3.63) is 0 Å². The smallest absolute Gasteiger partial charge is 0.217 e. The summed E-state index contributed by atoms with van der Waals surface area (Å²) in [7, 11) is -4.51. The van der Waals surface area contributed by atoms with Gasteiger partial charge in [0.2, 0.25) is 10.4 Å². The van der Waals surface area contributed by atoms with Gasteiger partial charge in [-0.1, -0.05) is 33.6 Å². The number of hydrogen-bond donors (Lipinski definition) is 0. The summed E-state index contributed by atoms with van der Waals surface area (Å²) in [5, 5.41) is 0. The summed E-state index contributed by atoms with van der Waals surface area (Å²) in [5.74, 6) is 0.781. The van der Waals surface area contributed by atoms with Crippen LogP contribution < -0.4 is 0 Å². The Morgan fingerprint density at radius 2 is 1.79 bits per heavy atom. The molecule has 14 heavy (non-hydrogen) atoms. The minimum atomic E-state index is -4.51. The lowest BCUT2D eigenvalue weighted by molar-refractivity contribution is 0.217. The molecule has 0 saturated carbocycles. The van der Waals surface area contributed by atoms with Gasteiger partial charge in [0, 0.05) is 0 Å². The number of rotatable bonds is 7. The maximum Gasteiger partial charge on any atom is 0.217 e. The molecule has 0 aromatic rings. The molecule has 0 unspecified atom stereocenters. The Balaban J connectivity index is 3.51. The molecule has 1 atom stereocenters. The lowest BCUT2D eigenvalue weighted by Crippen LogP contribution is -2.11. The molecule has 0 N–H and O–H groups in total. The van der Waals surface area contributed by atoms with Crippen LogP contribution >= 0.6 is 0 Å². The van der Waals surface area contributed by atoms with Crippen molar-refractivity contribution in [3.8, 4) is 0 Å². The summed E-state index contributed by atoms with van der Waals surface area (Å²) in [4.78, 5) is 0. The second-order valence-corrected chi connectivity index (χ2v) is 5.17. The van der Waals surface area contributed by atoms with E-state index in [-0.39, 0.29) is 12.5 Å². The molecule has 0 aliphatic heterocycles. The first-order valence-electron chi connectivity index (χ1n) is 4.91. The van der Waals surface area contributed by atoms with Crippen molar-refractivity contribution in [2.75, 3.05) is 6.61 Å². The van der Waals surface area contributed by atoms with Gasteiger partial charge < -0.3 is 4.55 Å². The Morgan fingerprint density at radius 3 is 2.21 bits per heavy atom. The Labute approximate surface area is 86.6 Å². The third-order valence-electron chi connectivity index (χ3n) is 1.98. The molecule has 5 heteroatoms. The molecule has 0 aromatic carbocycles. The summed E-state index contributed by atoms with van der Waals surface area (Å²) in [6.07, 6.45) is 3.06. The molecule has 0 aromatic heterocycles. The normalized spacial score (nSPS) is 14.6. The molecule has 86 valence electrons. The lowest BCUT2D eigenvalue weighted by Gasteiger charge is -2.13. The maximum absolute atomic E-state index is 10.1. The van der Waals surface area contributed by atoms with Crippen LogP contribution in [0.3, 0.4) is 0 Å². The average Bonchev–Trinajstić information content (AvgIpc) is 1.99. The minimum absolute atomic E-state index is 0.00390. The standard InChI is InChI=1S/C9H20O4S/c1-8(2)5-4-6-9(3)7-13-14(10,11)12/h8-9H,4-7H2,1-3H3,(H,10,11,12)/p-1/t9-/m1/s1. The second kappa shape index (κ2) is 6.37. The highest BCUT2D eigenvalue weighted by Gasteiger charge is 2.05. The third kappa shape index (κ3) is 9.95. The Kier molecular flexibility index (Phi) is 6.31. The van der Waals surface area contributed by atoms with Crippen molar-refractivity contribution in [1.82, 2.24) is 0 Å². The van der Waals surface area contributed by atoms with Crippen molar-refractivity contribution in [3.63, 3.8) is 0 Å². The molecule has 0 spiro atoms. The Hall–Kier alpha value is -0.130. The van der Waals surface area contributed by atoms with Gasteiger partial charge in [-0.2, -0.15) is 0 Å². The van der Waals surface area contributed by atoms with Crippen molar-refractivity contribution >= 4 is 10.4 Å². The molecule has 0 saturated heterocycles. The average molecular weight is 223 g/mol. The molecular formula is C9H19O4S-. The maximum atomic E-state index is 10.1. The van der Waals surface area contributed by atoms with Gasteiger partial charge in [-0.3, -0.25) is 4.18 Å². The second-order valence-electron chi connectivity index (χ2n) is 4.12. The zero-order valence-electron chi connectivity index (χ0n) is 9.02. The van der Waals surface area contributed by atoms with Gasteiger partial charge >= 0.3 is 0 Å². The van der Waals surface area contributed by atoms with Crippen molar-refractivity contribution < 1.29 is 17.2 Å². The predicted octanol–water partition coefficient (Wildman–Crippen LogP) is 1.93. The van der Waals surface area contributed by atoms with Crippen LogP contribution in [-0.4, -0.2) is 19.6 Å². The fourth-order valence-electron chi connectivity index (χ4n) is 1.16. The minimum Gasteiger partial charge on any atom is -0.726 e. The van der Waals surface area contributed by atoms with Crippen LogP contribution in [0.4, 0.5) is 0 Å². The Morgan fingerprint density at radius 1 is 1.21 bits per heavy atom. The van der Waals surface area contributed by atoms with E-state index in [1.165, 1.54) is 0 Å². The van der Waals surface area contributed by atoms with Gasteiger partial charge in [0.05, 0.1) is 6.61 Å². The molecule has 0 aliphatic rings. The van der Waals surface area contributed by atoms with E-state index in [0.717, 1.165) is 19.3 Å². The van der Waals surface area contributed by atoms with Gasteiger partial charge in [-0.05, 0) is 18.3 Å². The SMILES string of the molecule is CC(C)CCC[C@@H](C)COS(=O)(=O)[O-]. The van der Waals surface area contributed by atoms with Gasteiger partial charge in [0.1, 0.15) is 0 Å². The molecule has 4 nitrogen and oxygen atoms in total. The fraction of sp³-hybridized carbons (Fsp3) is 1.00. The first kappa shape index (κ1) is 13.9. The Bertz CT molecular complexity index is 233. The molecular weight excluding hydrogens is 204 g/mol. The molecule has 0 radical (unpaired) electrons. The largest absolute Gasteiger partial charge is 0.726 e. The number of hydrogen-bond acceptors (Lipinski definition) is 4. The van der Waals surface area contributed by atoms with Crippen molar-refractivity contribution in [2.45, 2.75) is 40.0 Å². The zero-order chi connectivity index (χ0) is 11.2. The van der Waals surface area contributed by atoms with Crippen LogP contribution in [-0.2, 0) is 14.6 Å². The molecule has 0 heterocycles. The predicted molar refractivity (Wildman–Crippen MR) is 53.5 cm³/mol. The fourth-order valence-corrected chi connectivity index (χ4v) is 1.56. The highest BCUT2D eigenvalue weighted by Crippen LogP contribution is 2.12. The molecule has 0 amide bonds. The topological polar surface area (TPSA) is 66.4 Å². The van der Waals surface area contributed by atoms with E-state index in [1.54, 1.807) is 0 Å². The van der Waals surface area contributed by atoms with E-state index in [1.807, 2.05) is 6.92 Å². The van der Waals surface area contributed by atoms with Gasteiger partial charge in [-0.25, -0.2) is 8.42 Å². The molecule has 0 aliphatic carbocycles. The van der Waals surface area contributed by atoms with Crippen LogP contribution in [0.2, 0.25) is 0 Å². The van der Waals surface area contributed by atoms with Gasteiger partial charge in [0.25, 0.3) is 0 Å². The van der Waals surface area contributed by atoms with E-state index in [9.17, 15) is 13.0 Å². The van der Waals surface area contributed by atoms with Crippen LogP contribution in [0.1, 0.15) is 40.0 Å². The van der Waals surface area contributed by atoms with Crippen LogP contribution in [0.5, 0.6) is 0 Å². The highest BCUT2D eigenvalue weighted by molar-refractivity contribution is 7.80. The zero-order valence-corrected chi connectivity index (χ0v) is 9.84.